The number of hydrogen-bond acceptors (Lipinski definition) is 2. The highest BCUT2D eigenvalue weighted by molar-refractivity contribution is 9.10. The average Bonchev–Trinajstić information content (AvgIpc) is 2.49. The van der Waals surface area contributed by atoms with Crippen LogP contribution in [0.1, 0.15) is 11.1 Å². The van der Waals surface area contributed by atoms with Crippen LogP contribution in [0.4, 0.5) is 0 Å². The van der Waals surface area contributed by atoms with Gasteiger partial charge in [0.05, 0.1) is 0 Å². The van der Waals surface area contributed by atoms with Crippen molar-refractivity contribution in [2.75, 3.05) is 0 Å². The van der Waals surface area contributed by atoms with Crippen molar-refractivity contribution in [2.24, 2.45) is 0 Å². The van der Waals surface area contributed by atoms with E-state index >= 15 is 0 Å². The maximum Gasteiger partial charge on any atom is 0.442 e. The fourth-order valence-corrected chi connectivity index (χ4v) is 1.82. The minimum Gasteiger partial charge on any atom is -0.282 e. The molecule has 0 aliphatic carbocycles. The van der Waals surface area contributed by atoms with E-state index < -0.39 is 5.63 Å². The van der Waals surface area contributed by atoms with E-state index in [0.717, 1.165) is 11.3 Å². The monoisotopic (exact) mass is 269 g/mol. The van der Waals surface area contributed by atoms with Crippen molar-refractivity contribution in [2.45, 2.75) is 13.8 Å². The van der Waals surface area contributed by atoms with Crippen LogP contribution in [0.15, 0.2) is 32.1 Å². The van der Waals surface area contributed by atoms with Crippen LogP contribution in [0.3, 0.4) is 0 Å². The topological polar surface area (TPSA) is 49.9 Å². The maximum absolute atomic E-state index is 11.1. The van der Waals surface area contributed by atoms with E-state index in [9.17, 15) is 4.79 Å². The summed E-state index contributed by atoms with van der Waals surface area (Å²) in [5.41, 5.74) is 2.71. The van der Waals surface area contributed by atoms with Crippen molar-refractivity contribution in [3.8, 4) is 5.69 Å². The highest BCUT2D eigenvalue weighted by Gasteiger charge is 2.21. The Bertz CT molecular complexity index is 557. The third-order valence-electron chi connectivity index (χ3n) is 2.19. The van der Waals surface area contributed by atoms with Gasteiger partial charge in [-0.3, -0.25) is 4.52 Å². The molecule has 1 aromatic carbocycles. The Labute approximate surface area is 94.6 Å². The second kappa shape index (κ2) is 3.66. The number of rotatable bonds is 1. The van der Waals surface area contributed by atoms with Crippen LogP contribution in [-0.2, 0) is 0 Å². The predicted molar refractivity (Wildman–Crippen MR) is 58.0 cm³/mol. The van der Waals surface area contributed by atoms with E-state index in [2.05, 4.69) is 25.7 Å². The molecule has 1 aromatic heterocycles. The summed E-state index contributed by atoms with van der Waals surface area (Å²) < 4.78 is 6.59. The SMILES string of the molecule is Cc1ccc(-[n+]2[nH]oc(=O)c2Br)c(C)c1. The van der Waals surface area contributed by atoms with Gasteiger partial charge in [-0.25, -0.2) is 4.79 Å². The van der Waals surface area contributed by atoms with Gasteiger partial charge < -0.3 is 0 Å². The lowest BCUT2D eigenvalue weighted by atomic mass is 10.1. The zero-order chi connectivity index (χ0) is 11.0. The smallest absolute Gasteiger partial charge is 0.282 e. The van der Waals surface area contributed by atoms with E-state index in [-0.39, 0.29) is 0 Å². The van der Waals surface area contributed by atoms with Gasteiger partial charge in [-0.1, -0.05) is 11.6 Å². The van der Waals surface area contributed by atoms with E-state index in [4.69, 9.17) is 0 Å². The van der Waals surface area contributed by atoms with Gasteiger partial charge >= 0.3 is 10.2 Å². The van der Waals surface area contributed by atoms with Crippen LogP contribution in [0.25, 0.3) is 5.69 Å². The first kappa shape index (κ1) is 10.2. The van der Waals surface area contributed by atoms with Crippen molar-refractivity contribution in [1.29, 1.82) is 0 Å². The van der Waals surface area contributed by atoms with Crippen molar-refractivity contribution < 1.29 is 9.20 Å². The van der Waals surface area contributed by atoms with Crippen LogP contribution in [-0.4, -0.2) is 5.27 Å². The zero-order valence-corrected chi connectivity index (χ0v) is 9.96. The fraction of sp³-hybridized carbons (Fsp3) is 0.200. The summed E-state index contributed by atoms with van der Waals surface area (Å²) >= 11 is 3.17. The largest absolute Gasteiger partial charge is 0.442 e. The maximum atomic E-state index is 11.1. The van der Waals surface area contributed by atoms with E-state index in [1.807, 2.05) is 32.0 Å². The summed E-state index contributed by atoms with van der Waals surface area (Å²) in [7, 11) is 0. The number of halogens is 1. The normalized spacial score (nSPS) is 10.6. The van der Waals surface area contributed by atoms with Crippen molar-refractivity contribution in [3.05, 3.63) is 44.3 Å². The highest BCUT2D eigenvalue weighted by atomic mass is 79.9. The second-order valence-electron chi connectivity index (χ2n) is 3.40. The summed E-state index contributed by atoms with van der Waals surface area (Å²) in [6.07, 6.45) is 0. The Kier molecular flexibility index (Phi) is 2.48. The van der Waals surface area contributed by atoms with Crippen molar-refractivity contribution in [3.63, 3.8) is 0 Å². The van der Waals surface area contributed by atoms with Crippen molar-refractivity contribution in [1.82, 2.24) is 5.27 Å². The molecular weight excluding hydrogens is 260 g/mol. The Balaban J connectivity index is 2.64. The summed E-state index contributed by atoms with van der Waals surface area (Å²) in [5, 5.41) is 2.53. The van der Waals surface area contributed by atoms with E-state index in [1.54, 1.807) is 4.68 Å². The Hall–Kier alpha value is -1.36. The lowest BCUT2D eigenvalue weighted by molar-refractivity contribution is -0.680. The number of aryl methyl sites for hydroxylation is 2. The van der Waals surface area contributed by atoms with Crippen molar-refractivity contribution >= 4 is 15.9 Å². The molecule has 1 heterocycles. The quantitative estimate of drug-likeness (QED) is 0.800. The van der Waals surface area contributed by atoms with Gasteiger partial charge in [-0.2, -0.15) is 0 Å². The van der Waals surface area contributed by atoms with Crippen LogP contribution in [0, 0.1) is 13.8 Å². The minimum atomic E-state index is -0.421. The van der Waals surface area contributed by atoms with Crippen LogP contribution < -0.4 is 10.3 Å². The highest BCUT2D eigenvalue weighted by Crippen LogP contribution is 2.11. The number of hydrogen-bond donors (Lipinski definition) is 1. The molecule has 78 valence electrons. The molecule has 0 amide bonds. The zero-order valence-electron chi connectivity index (χ0n) is 8.37. The number of benzene rings is 1. The minimum absolute atomic E-state index is 0.356. The molecule has 0 spiro atoms. The number of nitrogens with one attached hydrogen (secondary N) is 1. The van der Waals surface area contributed by atoms with Gasteiger partial charge in [-0.15, -0.1) is 0 Å². The molecule has 0 radical (unpaired) electrons. The Morgan fingerprint density at radius 1 is 1.40 bits per heavy atom. The van der Waals surface area contributed by atoms with Crippen LogP contribution >= 0.6 is 15.9 Å². The third-order valence-corrected chi connectivity index (χ3v) is 2.87. The molecular formula is C10H10BrN2O2+. The summed E-state index contributed by atoms with van der Waals surface area (Å²) in [6.45, 7) is 4.00. The standard InChI is InChI=1S/C10H9BrN2O2/c1-6-3-4-8(7(2)5-6)13-9(11)10(14)15-12-13/h3-5H,1-2H3/p+1. The number of nitrogens with zero attached hydrogens (tertiary/aromatic N) is 1. The lowest BCUT2D eigenvalue weighted by Crippen LogP contribution is -2.35. The Morgan fingerprint density at radius 2 is 2.13 bits per heavy atom. The predicted octanol–water partition coefficient (Wildman–Crippen LogP) is 1.62. The third kappa shape index (κ3) is 1.74. The molecule has 1 N–H and O–H groups in total. The summed E-state index contributed by atoms with van der Waals surface area (Å²) in [4.78, 5) is 11.1. The molecule has 0 unspecified atom stereocenters. The first-order valence-corrected chi connectivity index (χ1v) is 5.25. The van der Waals surface area contributed by atoms with E-state index in [1.165, 1.54) is 5.56 Å². The van der Waals surface area contributed by atoms with Gasteiger partial charge in [-0.05, 0) is 29.9 Å². The Morgan fingerprint density at radius 3 is 2.67 bits per heavy atom. The second-order valence-corrected chi connectivity index (χ2v) is 4.15. The van der Waals surface area contributed by atoms with Gasteiger partial charge in [0.2, 0.25) is 5.69 Å². The molecule has 15 heavy (non-hydrogen) atoms. The van der Waals surface area contributed by atoms with Gasteiger partial charge in [0.1, 0.15) is 0 Å². The molecule has 2 rings (SSSR count). The summed E-state index contributed by atoms with van der Waals surface area (Å²) in [5.74, 6) is 0. The molecule has 5 heteroatoms. The molecule has 0 saturated carbocycles. The van der Waals surface area contributed by atoms with Gasteiger partial charge in [0.15, 0.2) is 0 Å². The molecule has 0 saturated heterocycles. The number of aromatic nitrogens is 2. The first-order valence-electron chi connectivity index (χ1n) is 4.46. The average molecular weight is 270 g/mol. The molecule has 0 aliphatic rings. The van der Waals surface area contributed by atoms with Crippen LogP contribution in [0.5, 0.6) is 0 Å². The molecule has 4 nitrogen and oxygen atoms in total. The number of aromatic amines is 1. The van der Waals surface area contributed by atoms with Gasteiger partial charge in [0.25, 0.3) is 0 Å². The number of H-pyrrole nitrogens is 1. The first-order chi connectivity index (χ1) is 7.09. The molecule has 0 aliphatic heterocycles. The molecule has 0 atom stereocenters. The molecule has 0 fully saturated rings. The molecule has 0 bridgehead atoms. The van der Waals surface area contributed by atoms with Gasteiger partial charge in [0, 0.05) is 27.6 Å². The lowest BCUT2D eigenvalue weighted by Gasteiger charge is -1.97. The van der Waals surface area contributed by atoms with E-state index in [0.29, 0.717) is 4.60 Å². The molecule has 2 aromatic rings. The fourth-order valence-electron chi connectivity index (χ4n) is 1.47. The summed E-state index contributed by atoms with van der Waals surface area (Å²) in [6, 6.07) is 5.95. The van der Waals surface area contributed by atoms with Crippen LogP contribution in [0.2, 0.25) is 0 Å².